The van der Waals surface area contributed by atoms with Gasteiger partial charge in [0.1, 0.15) is 22.8 Å². The fourth-order valence-electron chi connectivity index (χ4n) is 5.16. The summed E-state index contributed by atoms with van der Waals surface area (Å²) in [7, 11) is 0. The second-order valence-electron chi connectivity index (χ2n) is 9.32. The number of aromatic nitrogens is 3. The molecule has 11 heteroatoms. The number of carbonyl (C=O) groups is 1. The van der Waals surface area contributed by atoms with Crippen molar-refractivity contribution in [2.45, 2.75) is 52.1 Å². The molecule has 1 fully saturated rings. The van der Waals surface area contributed by atoms with Crippen LogP contribution < -0.4 is 10.4 Å². The Morgan fingerprint density at radius 3 is 2.61 bits per heavy atom. The summed E-state index contributed by atoms with van der Waals surface area (Å²) >= 11 is 1.09. The van der Waals surface area contributed by atoms with E-state index < -0.39 is 28.7 Å². The molecule has 190 valence electrons. The molecule has 5 rings (SSSR count). The first-order valence-electron chi connectivity index (χ1n) is 12.1. The van der Waals surface area contributed by atoms with Crippen molar-refractivity contribution in [3.63, 3.8) is 0 Å². The fraction of sp³-hybridized carbons (Fsp3) is 0.440. The molecule has 3 aromatic rings. The van der Waals surface area contributed by atoms with Gasteiger partial charge in [-0.1, -0.05) is 30.2 Å². The molecular weight excluding hydrogens is 488 g/mol. The summed E-state index contributed by atoms with van der Waals surface area (Å²) in [5, 5.41) is 21.8. The third kappa shape index (κ3) is 4.25. The molecule has 2 aromatic heterocycles. The summed E-state index contributed by atoms with van der Waals surface area (Å²) in [5.41, 5.74) is -0.400. The van der Waals surface area contributed by atoms with E-state index in [4.69, 9.17) is 0 Å². The van der Waals surface area contributed by atoms with Gasteiger partial charge < -0.3 is 10.0 Å². The van der Waals surface area contributed by atoms with Gasteiger partial charge in [0, 0.05) is 31.8 Å². The zero-order chi connectivity index (χ0) is 25.6. The molecule has 0 spiro atoms. The van der Waals surface area contributed by atoms with E-state index in [2.05, 4.69) is 10.2 Å². The molecule has 0 radical (unpaired) electrons. The van der Waals surface area contributed by atoms with Crippen molar-refractivity contribution in [2.75, 3.05) is 18.1 Å². The number of nitrogens with zero attached hydrogens (tertiary/aromatic N) is 5. The van der Waals surface area contributed by atoms with Crippen LogP contribution in [-0.2, 0) is 6.42 Å². The average molecular weight is 516 g/mol. The number of rotatable bonds is 6. The molecule has 0 saturated heterocycles. The Morgan fingerprint density at radius 2 is 1.92 bits per heavy atom. The first-order valence-corrected chi connectivity index (χ1v) is 12.9. The van der Waals surface area contributed by atoms with E-state index in [1.54, 1.807) is 15.8 Å². The molecule has 1 amide bonds. The van der Waals surface area contributed by atoms with E-state index in [1.807, 2.05) is 18.9 Å². The number of fused-ring (bicyclic) bond motifs is 1. The van der Waals surface area contributed by atoms with Gasteiger partial charge in [0.25, 0.3) is 5.91 Å². The van der Waals surface area contributed by atoms with E-state index in [0.29, 0.717) is 24.0 Å². The highest BCUT2D eigenvalue weighted by Gasteiger charge is 2.38. The van der Waals surface area contributed by atoms with Crippen molar-refractivity contribution >= 4 is 17.2 Å². The van der Waals surface area contributed by atoms with Crippen molar-refractivity contribution in [2.24, 2.45) is 5.92 Å². The molecule has 0 bridgehead atoms. The molecule has 1 aliphatic heterocycles. The van der Waals surface area contributed by atoms with Gasteiger partial charge in [0.2, 0.25) is 5.43 Å². The van der Waals surface area contributed by atoms with Crippen LogP contribution in [0.3, 0.4) is 0 Å². The smallest absolute Gasteiger partial charge is 0.278 e. The number of amides is 1. The maximum absolute atomic E-state index is 14.1. The van der Waals surface area contributed by atoms with Crippen molar-refractivity contribution in [1.82, 2.24) is 19.8 Å². The van der Waals surface area contributed by atoms with E-state index in [0.717, 1.165) is 30.2 Å². The molecule has 1 atom stereocenters. The predicted molar refractivity (Wildman–Crippen MR) is 132 cm³/mol. The van der Waals surface area contributed by atoms with Crippen LogP contribution in [0.2, 0.25) is 0 Å². The van der Waals surface area contributed by atoms with E-state index in [-0.39, 0.29) is 34.4 Å². The third-order valence-corrected chi connectivity index (χ3v) is 8.06. The lowest BCUT2D eigenvalue weighted by Crippen LogP contribution is -2.61. The van der Waals surface area contributed by atoms with Crippen LogP contribution in [-0.4, -0.2) is 50.0 Å². The van der Waals surface area contributed by atoms with E-state index >= 15 is 0 Å². The van der Waals surface area contributed by atoms with Crippen LogP contribution in [0.25, 0.3) is 10.6 Å². The first-order chi connectivity index (χ1) is 17.3. The van der Waals surface area contributed by atoms with Crippen LogP contribution >= 0.6 is 11.3 Å². The van der Waals surface area contributed by atoms with Gasteiger partial charge in [-0.2, -0.15) is 0 Å². The van der Waals surface area contributed by atoms with Crippen LogP contribution in [0, 0.1) is 17.6 Å². The Bertz CT molecular complexity index is 1370. The van der Waals surface area contributed by atoms with Crippen LogP contribution in [0.5, 0.6) is 5.75 Å². The summed E-state index contributed by atoms with van der Waals surface area (Å²) in [6.07, 6.45) is 5.89. The largest absolute Gasteiger partial charge is 0.502 e. The van der Waals surface area contributed by atoms with Gasteiger partial charge in [-0.3, -0.25) is 19.3 Å². The lowest BCUT2D eigenvalue weighted by atomic mass is 10.1. The Kier molecular flexibility index (Phi) is 6.50. The van der Waals surface area contributed by atoms with Gasteiger partial charge in [-0.15, -0.1) is 10.2 Å². The molecule has 1 aliphatic carbocycles. The number of hydrogen-bond donors (Lipinski definition) is 1. The molecular formula is C25H27F2N5O3S. The lowest BCUT2D eigenvalue weighted by Gasteiger charge is -2.45. The highest BCUT2D eigenvalue weighted by molar-refractivity contribution is 7.14. The number of benzene rings is 1. The molecule has 1 saturated carbocycles. The third-order valence-electron chi connectivity index (χ3n) is 7.10. The van der Waals surface area contributed by atoms with Gasteiger partial charge in [-0.25, -0.2) is 8.78 Å². The highest BCUT2D eigenvalue weighted by Crippen LogP contribution is 2.32. The SMILES string of the molecule is CCN1C(=O)c2c(O)c(=O)c(-c3nnc(Cc4ccc(F)cc4F)s3)cn2N(CC2CCCC2)[C@H]1C. The second-order valence-corrected chi connectivity index (χ2v) is 10.4. The molecule has 8 nitrogen and oxygen atoms in total. The number of hydrogen-bond acceptors (Lipinski definition) is 7. The second kappa shape index (κ2) is 9.61. The fourth-order valence-corrected chi connectivity index (χ4v) is 6.03. The number of pyridine rings is 1. The van der Waals surface area contributed by atoms with Crippen LogP contribution in [0.15, 0.2) is 29.2 Å². The monoisotopic (exact) mass is 515 g/mol. The summed E-state index contributed by atoms with van der Waals surface area (Å²) in [4.78, 5) is 28.0. The summed E-state index contributed by atoms with van der Waals surface area (Å²) in [6, 6.07) is 3.32. The predicted octanol–water partition coefficient (Wildman–Crippen LogP) is 3.89. The first kappa shape index (κ1) is 24.4. The molecule has 0 unspecified atom stereocenters. The quantitative estimate of drug-likeness (QED) is 0.536. The van der Waals surface area contributed by atoms with Crippen molar-refractivity contribution in [1.29, 1.82) is 0 Å². The molecule has 36 heavy (non-hydrogen) atoms. The van der Waals surface area contributed by atoms with Crippen molar-refractivity contribution in [3.05, 3.63) is 62.5 Å². The normalized spacial score (nSPS) is 18.2. The highest BCUT2D eigenvalue weighted by atomic mass is 32.1. The Labute approximate surface area is 210 Å². The van der Waals surface area contributed by atoms with Crippen LogP contribution in [0.1, 0.15) is 60.6 Å². The van der Waals surface area contributed by atoms with Crippen LogP contribution in [0.4, 0.5) is 8.78 Å². The molecule has 3 heterocycles. The minimum atomic E-state index is -0.711. The Morgan fingerprint density at radius 1 is 1.17 bits per heavy atom. The molecule has 1 N–H and O–H groups in total. The maximum atomic E-state index is 14.1. The minimum Gasteiger partial charge on any atom is -0.502 e. The van der Waals surface area contributed by atoms with Gasteiger partial charge >= 0.3 is 0 Å². The Balaban J connectivity index is 1.55. The van der Waals surface area contributed by atoms with Crippen molar-refractivity contribution in [3.8, 4) is 16.3 Å². The standard InChI is InChI=1S/C25H27F2N5O3S/c1-3-30-14(2)31(12-15-6-4-5-7-15)32-13-18(22(33)23(34)21(32)25(30)35)24-29-28-20(36-24)10-16-8-9-17(26)11-19(16)27/h8-9,11,13-15,34H,3-7,10,12H2,1-2H3/t14-/m0/s1. The topological polar surface area (TPSA) is 91.6 Å². The summed E-state index contributed by atoms with van der Waals surface area (Å²) in [6.45, 7) is 4.93. The van der Waals surface area contributed by atoms with Gasteiger partial charge in [-0.05, 0) is 44.2 Å². The maximum Gasteiger partial charge on any atom is 0.278 e. The summed E-state index contributed by atoms with van der Waals surface area (Å²) in [5.74, 6) is -1.93. The van der Waals surface area contributed by atoms with E-state index in [1.165, 1.54) is 25.0 Å². The number of aromatic hydroxyl groups is 1. The molecule has 2 aliphatic rings. The van der Waals surface area contributed by atoms with E-state index in [9.17, 15) is 23.5 Å². The van der Waals surface area contributed by atoms with Crippen molar-refractivity contribution < 1.29 is 18.7 Å². The van der Waals surface area contributed by atoms with Gasteiger partial charge in [0.05, 0.1) is 5.56 Å². The Hall–Kier alpha value is -3.34. The minimum absolute atomic E-state index is 0.0557. The average Bonchev–Trinajstić information content (AvgIpc) is 3.53. The zero-order valence-electron chi connectivity index (χ0n) is 20.1. The molecule has 1 aromatic carbocycles. The number of carbonyl (C=O) groups excluding carboxylic acids is 1. The lowest BCUT2D eigenvalue weighted by molar-refractivity contribution is 0.0595. The van der Waals surface area contributed by atoms with Gasteiger partial charge in [0.15, 0.2) is 16.5 Å². The zero-order valence-corrected chi connectivity index (χ0v) is 20.9. The summed E-state index contributed by atoms with van der Waals surface area (Å²) < 4.78 is 28.9. The number of halogens is 2.